The third kappa shape index (κ3) is 3.75. The lowest BCUT2D eigenvalue weighted by molar-refractivity contribution is -0.122. The second kappa shape index (κ2) is 5.61. The van der Waals surface area contributed by atoms with Crippen molar-refractivity contribution in [3.8, 4) is 6.07 Å². The van der Waals surface area contributed by atoms with Gasteiger partial charge < -0.3 is 10.1 Å². The molecule has 0 spiro atoms. The van der Waals surface area contributed by atoms with E-state index < -0.39 is 0 Å². The number of nitrogens with one attached hydrogen (secondary N) is 1. The van der Waals surface area contributed by atoms with Gasteiger partial charge in [0, 0.05) is 13.0 Å². The molecule has 0 bridgehead atoms. The number of hydrogen-bond donors (Lipinski definition) is 1. The standard InChI is InChI=1S/C10H16N2O2/c1-2-14-6-5-10(13)12-9(7-11)8-3-4-8/h8-9H,2-6H2,1H3,(H,12,13). The van der Waals surface area contributed by atoms with Crippen LogP contribution in [0.3, 0.4) is 0 Å². The molecule has 0 aromatic heterocycles. The van der Waals surface area contributed by atoms with Crippen molar-refractivity contribution in [2.45, 2.75) is 32.2 Å². The summed E-state index contributed by atoms with van der Waals surface area (Å²) >= 11 is 0. The largest absolute Gasteiger partial charge is 0.381 e. The van der Waals surface area contributed by atoms with Crippen LogP contribution >= 0.6 is 0 Å². The molecule has 0 aromatic rings. The molecule has 1 fully saturated rings. The average molecular weight is 196 g/mol. The summed E-state index contributed by atoms with van der Waals surface area (Å²) in [6, 6.07) is 1.82. The van der Waals surface area contributed by atoms with Gasteiger partial charge in [-0.1, -0.05) is 0 Å². The van der Waals surface area contributed by atoms with Gasteiger partial charge in [0.25, 0.3) is 0 Å². The van der Waals surface area contributed by atoms with Gasteiger partial charge >= 0.3 is 0 Å². The molecule has 1 unspecified atom stereocenters. The minimum atomic E-state index is -0.288. The molecular formula is C10H16N2O2. The number of carbonyl (C=O) groups is 1. The zero-order valence-electron chi connectivity index (χ0n) is 8.45. The van der Waals surface area contributed by atoms with Crippen molar-refractivity contribution in [1.29, 1.82) is 5.26 Å². The second-order valence-electron chi connectivity index (χ2n) is 3.46. The van der Waals surface area contributed by atoms with E-state index in [4.69, 9.17) is 10.00 Å². The maximum absolute atomic E-state index is 11.3. The first kappa shape index (κ1) is 11.0. The molecular weight excluding hydrogens is 180 g/mol. The van der Waals surface area contributed by atoms with Crippen LogP contribution in [0, 0.1) is 17.2 Å². The SMILES string of the molecule is CCOCCC(=O)NC(C#N)C1CC1. The molecule has 1 aliphatic rings. The molecule has 14 heavy (non-hydrogen) atoms. The summed E-state index contributed by atoms with van der Waals surface area (Å²) in [6.45, 7) is 2.95. The van der Waals surface area contributed by atoms with E-state index in [0.29, 0.717) is 25.6 Å². The highest BCUT2D eigenvalue weighted by atomic mass is 16.5. The predicted octanol–water partition coefficient (Wildman–Crippen LogP) is 0.831. The number of nitriles is 1. The first-order valence-corrected chi connectivity index (χ1v) is 5.04. The fraction of sp³-hybridized carbons (Fsp3) is 0.800. The van der Waals surface area contributed by atoms with E-state index in [1.807, 2.05) is 6.92 Å². The lowest BCUT2D eigenvalue weighted by Gasteiger charge is -2.09. The van der Waals surface area contributed by atoms with Crippen LogP contribution in [-0.2, 0) is 9.53 Å². The summed E-state index contributed by atoms with van der Waals surface area (Å²) in [5.41, 5.74) is 0. The summed E-state index contributed by atoms with van der Waals surface area (Å²) in [6.07, 6.45) is 2.46. The van der Waals surface area contributed by atoms with E-state index in [1.165, 1.54) is 0 Å². The van der Waals surface area contributed by atoms with Crippen molar-refractivity contribution in [3.05, 3.63) is 0 Å². The summed E-state index contributed by atoms with van der Waals surface area (Å²) in [5, 5.41) is 11.5. The zero-order valence-corrected chi connectivity index (χ0v) is 8.45. The van der Waals surface area contributed by atoms with Gasteiger partial charge in [0.2, 0.25) is 5.91 Å². The summed E-state index contributed by atoms with van der Waals surface area (Å²) in [7, 11) is 0. The minimum Gasteiger partial charge on any atom is -0.381 e. The van der Waals surface area contributed by atoms with Crippen molar-refractivity contribution in [3.63, 3.8) is 0 Å². The maximum Gasteiger partial charge on any atom is 0.223 e. The Bertz CT molecular complexity index is 231. The van der Waals surface area contributed by atoms with Crippen molar-refractivity contribution >= 4 is 5.91 Å². The molecule has 4 nitrogen and oxygen atoms in total. The van der Waals surface area contributed by atoms with E-state index in [1.54, 1.807) is 0 Å². The van der Waals surface area contributed by atoms with Crippen LogP contribution in [0.4, 0.5) is 0 Å². The zero-order chi connectivity index (χ0) is 10.4. The molecule has 1 aliphatic carbocycles. The van der Waals surface area contributed by atoms with E-state index >= 15 is 0 Å². The van der Waals surface area contributed by atoms with Crippen LogP contribution in [0.1, 0.15) is 26.2 Å². The Hall–Kier alpha value is -1.08. The Morgan fingerprint density at radius 2 is 2.43 bits per heavy atom. The van der Waals surface area contributed by atoms with Crippen LogP contribution < -0.4 is 5.32 Å². The minimum absolute atomic E-state index is 0.0862. The molecule has 1 amide bonds. The molecule has 0 saturated heterocycles. The van der Waals surface area contributed by atoms with Gasteiger partial charge in [-0.15, -0.1) is 0 Å². The van der Waals surface area contributed by atoms with Crippen LogP contribution in [0.25, 0.3) is 0 Å². The molecule has 1 atom stereocenters. The van der Waals surface area contributed by atoms with E-state index in [9.17, 15) is 4.79 Å². The molecule has 0 heterocycles. The maximum atomic E-state index is 11.3. The van der Waals surface area contributed by atoms with Crippen molar-refractivity contribution in [2.24, 2.45) is 5.92 Å². The van der Waals surface area contributed by atoms with Gasteiger partial charge in [0.1, 0.15) is 6.04 Å². The lowest BCUT2D eigenvalue weighted by atomic mass is 10.2. The third-order valence-corrected chi connectivity index (χ3v) is 2.23. The Balaban J connectivity index is 2.15. The second-order valence-corrected chi connectivity index (χ2v) is 3.46. The summed E-state index contributed by atoms with van der Waals surface area (Å²) in [5.74, 6) is 0.299. The van der Waals surface area contributed by atoms with Crippen LogP contribution in [0.15, 0.2) is 0 Å². The number of hydrogen-bond acceptors (Lipinski definition) is 3. The number of amides is 1. The van der Waals surface area contributed by atoms with Crippen molar-refractivity contribution in [2.75, 3.05) is 13.2 Å². The predicted molar refractivity (Wildman–Crippen MR) is 51.4 cm³/mol. The molecule has 1 rings (SSSR count). The summed E-state index contributed by atoms with van der Waals surface area (Å²) in [4.78, 5) is 11.3. The van der Waals surface area contributed by atoms with E-state index in [0.717, 1.165) is 12.8 Å². The Morgan fingerprint density at radius 1 is 1.71 bits per heavy atom. The smallest absolute Gasteiger partial charge is 0.223 e. The Labute approximate surface area is 84.2 Å². The van der Waals surface area contributed by atoms with Gasteiger partial charge in [-0.25, -0.2) is 0 Å². The number of nitrogens with zero attached hydrogens (tertiary/aromatic N) is 1. The fourth-order valence-electron chi connectivity index (χ4n) is 1.24. The number of rotatable bonds is 6. The highest BCUT2D eigenvalue weighted by Crippen LogP contribution is 2.32. The summed E-state index contributed by atoms with van der Waals surface area (Å²) < 4.78 is 5.05. The molecule has 0 aliphatic heterocycles. The van der Waals surface area contributed by atoms with Crippen molar-refractivity contribution in [1.82, 2.24) is 5.32 Å². The highest BCUT2D eigenvalue weighted by molar-refractivity contribution is 5.76. The van der Waals surface area contributed by atoms with Gasteiger partial charge in [-0.2, -0.15) is 5.26 Å². The topological polar surface area (TPSA) is 62.1 Å². The molecule has 1 saturated carbocycles. The fourth-order valence-corrected chi connectivity index (χ4v) is 1.24. The lowest BCUT2D eigenvalue weighted by Crippen LogP contribution is -2.35. The number of carbonyl (C=O) groups excluding carboxylic acids is 1. The molecule has 0 aromatic carbocycles. The quantitative estimate of drug-likeness (QED) is 0.640. The van der Waals surface area contributed by atoms with Gasteiger partial charge in [-0.05, 0) is 25.7 Å². The first-order chi connectivity index (χ1) is 6.77. The van der Waals surface area contributed by atoms with Crippen molar-refractivity contribution < 1.29 is 9.53 Å². The number of ether oxygens (including phenoxy) is 1. The highest BCUT2D eigenvalue weighted by Gasteiger charge is 2.32. The van der Waals surface area contributed by atoms with E-state index in [-0.39, 0.29) is 11.9 Å². The normalized spacial score (nSPS) is 17.1. The van der Waals surface area contributed by atoms with Crippen LogP contribution in [-0.4, -0.2) is 25.2 Å². The van der Waals surface area contributed by atoms with Gasteiger partial charge in [0.05, 0.1) is 12.7 Å². The molecule has 1 N–H and O–H groups in total. The van der Waals surface area contributed by atoms with Gasteiger partial charge in [0.15, 0.2) is 0 Å². The van der Waals surface area contributed by atoms with E-state index in [2.05, 4.69) is 11.4 Å². The third-order valence-electron chi connectivity index (χ3n) is 2.23. The molecule has 4 heteroatoms. The monoisotopic (exact) mass is 196 g/mol. The van der Waals surface area contributed by atoms with Gasteiger partial charge in [-0.3, -0.25) is 4.79 Å². The van der Waals surface area contributed by atoms with Crippen LogP contribution in [0.5, 0.6) is 0 Å². The molecule has 0 radical (unpaired) electrons. The Kier molecular flexibility index (Phi) is 4.41. The molecule has 78 valence electrons. The average Bonchev–Trinajstić information content (AvgIpc) is 2.98. The Morgan fingerprint density at radius 3 is 2.93 bits per heavy atom. The van der Waals surface area contributed by atoms with Crippen LogP contribution in [0.2, 0.25) is 0 Å². The first-order valence-electron chi connectivity index (χ1n) is 5.04.